The molecule has 5 heteroatoms. The number of carboxylic acids is 1. The van der Waals surface area contributed by atoms with Crippen LogP contribution in [0.15, 0.2) is 36.4 Å². The first-order chi connectivity index (χ1) is 6.27. The van der Waals surface area contributed by atoms with E-state index in [1.165, 1.54) is 6.07 Å². The summed E-state index contributed by atoms with van der Waals surface area (Å²) in [5.74, 6) is -0.995. The number of fused-ring (bicyclic) bond motifs is 1. The third-order valence-corrected chi connectivity index (χ3v) is 1.82. The molecule has 0 aliphatic carbocycles. The van der Waals surface area contributed by atoms with E-state index >= 15 is 0 Å². The second kappa shape index (κ2) is 5.82. The summed E-state index contributed by atoms with van der Waals surface area (Å²) in [6.45, 7) is 0. The zero-order valence-electron chi connectivity index (χ0n) is 8.21. The maximum Gasteiger partial charge on any atom is 1.00 e. The van der Waals surface area contributed by atoms with Gasteiger partial charge < -0.3 is 10.6 Å². The zero-order chi connectivity index (χ0) is 9.26. The topological polar surface area (TPSA) is 80.2 Å². The molecule has 1 aromatic carbocycles. The summed E-state index contributed by atoms with van der Waals surface area (Å²) in [5, 5.41) is 9.63. The van der Waals surface area contributed by atoms with Crippen molar-refractivity contribution in [1.82, 2.24) is 4.98 Å². The number of para-hydroxylation sites is 1. The first kappa shape index (κ1) is 14.1. The monoisotopic (exact) mass is 213 g/mol. The summed E-state index contributed by atoms with van der Waals surface area (Å²) < 4.78 is 0. The van der Waals surface area contributed by atoms with Crippen molar-refractivity contribution in [1.29, 1.82) is 0 Å². The number of carboxylic acid groups (broad SMARTS) is 1. The van der Waals surface area contributed by atoms with Crippen LogP contribution in [-0.4, -0.2) is 21.5 Å². The molecule has 2 rings (SSSR count). The predicted octanol–water partition coefficient (Wildman–Crippen LogP) is -1.24. The van der Waals surface area contributed by atoms with Crippen molar-refractivity contribution in [2.75, 3.05) is 0 Å². The fourth-order valence-corrected chi connectivity index (χ4v) is 1.19. The molecular weight excluding hydrogens is 205 g/mol. The summed E-state index contributed by atoms with van der Waals surface area (Å²) in [7, 11) is 0. The van der Waals surface area contributed by atoms with E-state index in [0.717, 1.165) is 5.39 Å². The van der Waals surface area contributed by atoms with Gasteiger partial charge in [-0.3, -0.25) is 0 Å². The Bertz CT molecular complexity index is 473. The number of aromatic carboxylic acids is 1. The van der Waals surface area contributed by atoms with Crippen LogP contribution < -0.4 is 29.6 Å². The molecule has 0 bridgehead atoms. The van der Waals surface area contributed by atoms with Gasteiger partial charge in [0.1, 0.15) is 5.69 Å². The van der Waals surface area contributed by atoms with Crippen LogP contribution >= 0.6 is 0 Å². The van der Waals surface area contributed by atoms with E-state index in [2.05, 4.69) is 4.98 Å². The van der Waals surface area contributed by atoms with Gasteiger partial charge in [0.05, 0.1) is 5.52 Å². The number of hydrogen-bond acceptors (Lipinski definition) is 3. The maximum absolute atomic E-state index is 10.6. The second-order valence-corrected chi connectivity index (χ2v) is 2.69. The van der Waals surface area contributed by atoms with Gasteiger partial charge in [0, 0.05) is 5.39 Å². The third-order valence-electron chi connectivity index (χ3n) is 1.82. The van der Waals surface area contributed by atoms with Crippen LogP contribution in [0.2, 0.25) is 0 Å². The van der Waals surface area contributed by atoms with E-state index in [9.17, 15) is 4.79 Å². The Morgan fingerprint density at radius 3 is 2.47 bits per heavy atom. The normalized spacial score (nSPS) is 8.80. The van der Waals surface area contributed by atoms with Gasteiger partial charge >= 0.3 is 35.5 Å². The van der Waals surface area contributed by atoms with Gasteiger partial charge in [0.15, 0.2) is 0 Å². The summed E-state index contributed by atoms with van der Waals surface area (Å²) in [6, 6.07) is 10.7. The van der Waals surface area contributed by atoms with Gasteiger partial charge in [-0.2, -0.15) is 0 Å². The van der Waals surface area contributed by atoms with E-state index in [4.69, 9.17) is 5.11 Å². The van der Waals surface area contributed by atoms with Crippen LogP contribution in [0.5, 0.6) is 0 Å². The van der Waals surface area contributed by atoms with Crippen molar-refractivity contribution in [3.05, 3.63) is 42.1 Å². The SMILES string of the molecule is O=C(O)c1ccc2ccccc2n1.[Na+].[OH-]. The third kappa shape index (κ3) is 3.00. The van der Waals surface area contributed by atoms with Gasteiger partial charge in [0.25, 0.3) is 0 Å². The van der Waals surface area contributed by atoms with Crippen LogP contribution in [0.1, 0.15) is 10.5 Å². The average molecular weight is 213 g/mol. The molecule has 0 radical (unpaired) electrons. The number of carbonyl (C=O) groups is 1. The van der Waals surface area contributed by atoms with Gasteiger partial charge in [-0.15, -0.1) is 0 Å². The van der Waals surface area contributed by atoms with E-state index in [-0.39, 0.29) is 40.7 Å². The van der Waals surface area contributed by atoms with Crippen LogP contribution in [0, 0.1) is 0 Å². The molecule has 0 unspecified atom stereocenters. The number of nitrogens with zero attached hydrogens (tertiary/aromatic N) is 1. The van der Waals surface area contributed by atoms with Crippen molar-refractivity contribution in [2.24, 2.45) is 0 Å². The molecule has 4 nitrogen and oxygen atoms in total. The van der Waals surface area contributed by atoms with Crippen LogP contribution in [0.3, 0.4) is 0 Å². The Morgan fingerprint density at radius 1 is 1.13 bits per heavy atom. The first-order valence-corrected chi connectivity index (χ1v) is 3.86. The molecule has 0 aliphatic rings. The van der Waals surface area contributed by atoms with Crippen molar-refractivity contribution >= 4 is 16.9 Å². The van der Waals surface area contributed by atoms with Crippen LogP contribution in [-0.2, 0) is 0 Å². The molecule has 2 aromatic rings. The smallest absolute Gasteiger partial charge is 0.870 e. The standard InChI is InChI=1S/C10H7NO2.Na.H2O/c12-10(13)9-6-5-7-3-1-2-4-8(7)11-9;;/h1-6H,(H,12,13);;1H2/q;+1;/p-1. The molecule has 0 atom stereocenters. The van der Waals surface area contributed by atoms with Crippen LogP contribution in [0.25, 0.3) is 10.9 Å². The second-order valence-electron chi connectivity index (χ2n) is 2.69. The number of rotatable bonds is 1. The molecule has 0 fully saturated rings. The summed E-state index contributed by atoms with van der Waals surface area (Å²) >= 11 is 0. The summed E-state index contributed by atoms with van der Waals surface area (Å²) in [4.78, 5) is 14.6. The molecular formula is C10H8NNaO3. The molecule has 1 heterocycles. The van der Waals surface area contributed by atoms with E-state index in [1.807, 2.05) is 18.2 Å². The van der Waals surface area contributed by atoms with Gasteiger partial charge in [-0.05, 0) is 12.1 Å². The van der Waals surface area contributed by atoms with E-state index in [0.29, 0.717) is 5.52 Å². The van der Waals surface area contributed by atoms with Crippen molar-refractivity contribution in [3.63, 3.8) is 0 Å². The Kier molecular flexibility index (Phi) is 5.46. The van der Waals surface area contributed by atoms with Gasteiger partial charge in [0.2, 0.25) is 0 Å². The minimum absolute atomic E-state index is 0. The molecule has 0 amide bonds. The number of pyridine rings is 1. The number of hydrogen-bond donors (Lipinski definition) is 1. The molecule has 0 saturated carbocycles. The zero-order valence-corrected chi connectivity index (χ0v) is 10.2. The molecule has 72 valence electrons. The van der Waals surface area contributed by atoms with Gasteiger partial charge in [-0.25, -0.2) is 9.78 Å². The van der Waals surface area contributed by atoms with E-state index in [1.54, 1.807) is 12.1 Å². The molecule has 0 saturated heterocycles. The largest absolute Gasteiger partial charge is 1.00 e. The van der Waals surface area contributed by atoms with Crippen molar-refractivity contribution in [2.45, 2.75) is 0 Å². The maximum atomic E-state index is 10.6. The van der Waals surface area contributed by atoms with Crippen molar-refractivity contribution < 1.29 is 44.9 Å². The van der Waals surface area contributed by atoms with E-state index < -0.39 is 5.97 Å². The Morgan fingerprint density at radius 2 is 1.80 bits per heavy atom. The van der Waals surface area contributed by atoms with Crippen molar-refractivity contribution in [3.8, 4) is 0 Å². The molecule has 1 aromatic heterocycles. The van der Waals surface area contributed by atoms with Gasteiger partial charge in [-0.1, -0.05) is 24.3 Å². The first-order valence-electron chi connectivity index (χ1n) is 3.86. The fourth-order valence-electron chi connectivity index (χ4n) is 1.19. The average Bonchev–Trinajstić information content (AvgIpc) is 2.17. The summed E-state index contributed by atoms with van der Waals surface area (Å²) in [6.07, 6.45) is 0. The van der Waals surface area contributed by atoms with Crippen LogP contribution in [0.4, 0.5) is 0 Å². The number of aromatic nitrogens is 1. The molecule has 15 heavy (non-hydrogen) atoms. The predicted molar refractivity (Wildman–Crippen MR) is 50.6 cm³/mol. The summed E-state index contributed by atoms with van der Waals surface area (Å²) in [5.41, 5.74) is 0.793. The molecule has 0 spiro atoms. The Balaban J connectivity index is 0.000000980. The quantitative estimate of drug-likeness (QED) is 0.601. The molecule has 2 N–H and O–H groups in total. The minimum atomic E-state index is -0.995. The molecule has 0 aliphatic heterocycles. The fraction of sp³-hybridized carbons (Fsp3) is 0. The number of benzene rings is 1. The Labute approximate surface area is 109 Å². The minimum Gasteiger partial charge on any atom is -0.870 e. The Hall–Kier alpha value is -0.940.